The normalized spacial score (nSPS) is 28.3. The van der Waals surface area contributed by atoms with E-state index in [9.17, 15) is 8.78 Å². The molecule has 9 heavy (non-hydrogen) atoms. The number of rotatable bonds is 0. The molecule has 0 saturated carbocycles. The van der Waals surface area contributed by atoms with Gasteiger partial charge in [0.15, 0.2) is 0 Å². The molecule has 0 bridgehead atoms. The highest BCUT2D eigenvalue weighted by atomic mass is 79.9. The molecule has 1 aliphatic heterocycles. The van der Waals surface area contributed by atoms with Crippen molar-refractivity contribution in [2.75, 3.05) is 13.1 Å². The lowest BCUT2D eigenvalue weighted by molar-refractivity contribution is -0.0388. The van der Waals surface area contributed by atoms with Gasteiger partial charge in [-0.3, -0.25) is 0 Å². The molecular formula is C5H8BrF2N. The van der Waals surface area contributed by atoms with Crippen molar-refractivity contribution in [2.24, 2.45) is 0 Å². The molecule has 0 aromatic carbocycles. The fourth-order valence-electron chi connectivity index (χ4n) is 0.807. The maximum absolute atomic E-state index is 12.3. The molecule has 0 aliphatic carbocycles. The van der Waals surface area contributed by atoms with E-state index in [-0.39, 0.29) is 12.8 Å². The van der Waals surface area contributed by atoms with Crippen molar-refractivity contribution >= 4 is 16.1 Å². The first-order valence-corrected chi connectivity index (χ1v) is 3.60. The molecule has 0 aromatic heterocycles. The van der Waals surface area contributed by atoms with Gasteiger partial charge < -0.3 is 0 Å². The zero-order valence-corrected chi connectivity index (χ0v) is 6.50. The van der Waals surface area contributed by atoms with Crippen molar-refractivity contribution in [2.45, 2.75) is 18.8 Å². The van der Waals surface area contributed by atoms with E-state index in [4.69, 9.17) is 0 Å². The summed E-state index contributed by atoms with van der Waals surface area (Å²) in [6.07, 6.45) is -0.0312. The van der Waals surface area contributed by atoms with Crippen LogP contribution in [0.25, 0.3) is 0 Å². The fraction of sp³-hybridized carbons (Fsp3) is 1.00. The number of hydrogen-bond acceptors (Lipinski definition) is 1. The van der Waals surface area contributed by atoms with Crippen molar-refractivity contribution in [3.8, 4) is 0 Å². The van der Waals surface area contributed by atoms with Gasteiger partial charge in [0.2, 0.25) is 0 Å². The van der Waals surface area contributed by atoms with Crippen LogP contribution in [0, 0.1) is 0 Å². The highest BCUT2D eigenvalue weighted by molar-refractivity contribution is 9.07. The Hall–Kier alpha value is 0.300. The molecule has 0 aromatic rings. The first-order valence-electron chi connectivity index (χ1n) is 2.89. The van der Waals surface area contributed by atoms with Crippen molar-refractivity contribution in [3.05, 3.63) is 0 Å². The minimum absolute atomic E-state index is 0.0156. The molecule has 54 valence electrons. The van der Waals surface area contributed by atoms with Crippen LogP contribution in [0.1, 0.15) is 12.8 Å². The standard InChI is InChI=1S/C5H8BrF2N/c6-9-3-1-5(7,8)2-4-9/h1-4H2. The Morgan fingerprint density at radius 2 is 1.67 bits per heavy atom. The zero-order chi connectivity index (χ0) is 6.91. The van der Waals surface area contributed by atoms with Crippen LogP contribution in [0.4, 0.5) is 8.78 Å². The Balaban J connectivity index is 2.35. The third-order valence-electron chi connectivity index (χ3n) is 1.44. The van der Waals surface area contributed by atoms with Crippen LogP contribution < -0.4 is 0 Å². The molecule has 1 saturated heterocycles. The van der Waals surface area contributed by atoms with Gasteiger partial charge in [-0.1, -0.05) is 0 Å². The van der Waals surface area contributed by atoms with E-state index in [1.54, 1.807) is 3.93 Å². The van der Waals surface area contributed by atoms with Crippen molar-refractivity contribution in [1.29, 1.82) is 0 Å². The summed E-state index contributed by atoms with van der Waals surface area (Å²) < 4.78 is 26.4. The van der Waals surface area contributed by atoms with Crippen LogP contribution in [-0.4, -0.2) is 22.9 Å². The van der Waals surface area contributed by atoms with E-state index in [0.29, 0.717) is 13.1 Å². The number of hydrogen-bond donors (Lipinski definition) is 0. The van der Waals surface area contributed by atoms with Gasteiger partial charge >= 0.3 is 0 Å². The van der Waals surface area contributed by atoms with Gasteiger partial charge in [-0.15, -0.1) is 0 Å². The molecule has 1 fully saturated rings. The number of halogens is 3. The topological polar surface area (TPSA) is 3.24 Å². The Morgan fingerprint density at radius 3 is 2.00 bits per heavy atom. The molecule has 0 spiro atoms. The van der Waals surface area contributed by atoms with Gasteiger partial charge in [-0.2, -0.15) is 0 Å². The predicted molar refractivity (Wildman–Crippen MR) is 34.7 cm³/mol. The molecule has 0 amide bonds. The van der Waals surface area contributed by atoms with E-state index in [0.717, 1.165) is 0 Å². The van der Waals surface area contributed by atoms with E-state index >= 15 is 0 Å². The van der Waals surface area contributed by atoms with Crippen molar-refractivity contribution < 1.29 is 8.78 Å². The number of alkyl halides is 2. The highest BCUT2D eigenvalue weighted by Gasteiger charge is 2.32. The number of nitrogens with zero attached hydrogens (tertiary/aromatic N) is 1. The minimum atomic E-state index is -2.41. The zero-order valence-electron chi connectivity index (χ0n) is 4.91. The minimum Gasteiger partial charge on any atom is -0.242 e. The SMILES string of the molecule is FC1(F)CCN(Br)CC1. The molecule has 1 heterocycles. The smallest absolute Gasteiger partial charge is 0.242 e. The average Bonchev–Trinajstić information content (AvgIpc) is 1.78. The highest BCUT2D eigenvalue weighted by Crippen LogP contribution is 2.28. The molecule has 1 aliphatic rings. The third kappa shape index (κ3) is 2.18. The monoisotopic (exact) mass is 199 g/mol. The summed E-state index contributed by atoms with van der Waals surface area (Å²) in [4.78, 5) is 0. The summed E-state index contributed by atoms with van der Waals surface area (Å²) in [5.41, 5.74) is 0. The lowest BCUT2D eigenvalue weighted by Crippen LogP contribution is -2.33. The van der Waals surface area contributed by atoms with E-state index < -0.39 is 5.92 Å². The Morgan fingerprint density at radius 1 is 1.22 bits per heavy atom. The maximum atomic E-state index is 12.3. The molecule has 0 radical (unpaired) electrons. The summed E-state index contributed by atoms with van der Waals surface area (Å²) in [6.45, 7) is 0.903. The first-order chi connectivity index (χ1) is 4.10. The van der Waals surface area contributed by atoms with Gasteiger partial charge in [0.1, 0.15) is 0 Å². The molecule has 0 N–H and O–H groups in total. The van der Waals surface area contributed by atoms with Crippen LogP contribution in [0.15, 0.2) is 0 Å². The van der Waals surface area contributed by atoms with Crippen LogP contribution >= 0.6 is 16.1 Å². The maximum Gasteiger partial charge on any atom is 0.250 e. The lowest BCUT2D eigenvalue weighted by Gasteiger charge is -2.26. The second-order valence-corrected chi connectivity index (χ2v) is 3.27. The summed E-state index contributed by atoms with van der Waals surface area (Å²) in [5, 5.41) is 0. The summed E-state index contributed by atoms with van der Waals surface area (Å²) in [6, 6.07) is 0. The average molecular weight is 200 g/mol. The number of piperidine rings is 1. The first kappa shape index (κ1) is 7.41. The Kier molecular flexibility index (Phi) is 2.06. The van der Waals surface area contributed by atoms with E-state index in [2.05, 4.69) is 16.1 Å². The molecule has 0 atom stereocenters. The van der Waals surface area contributed by atoms with Gasteiger partial charge in [0.05, 0.1) is 0 Å². The fourth-order valence-corrected chi connectivity index (χ4v) is 1.16. The van der Waals surface area contributed by atoms with Crippen LogP contribution in [0.3, 0.4) is 0 Å². The van der Waals surface area contributed by atoms with Crippen LogP contribution in [-0.2, 0) is 0 Å². The van der Waals surface area contributed by atoms with Gasteiger partial charge in [-0.25, -0.2) is 12.7 Å². The summed E-state index contributed by atoms with van der Waals surface area (Å²) >= 11 is 3.14. The molecule has 1 rings (SSSR count). The van der Waals surface area contributed by atoms with Crippen LogP contribution in [0.5, 0.6) is 0 Å². The quantitative estimate of drug-likeness (QED) is 0.540. The second-order valence-electron chi connectivity index (χ2n) is 2.27. The molecule has 4 heteroatoms. The predicted octanol–water partition coefficient (Wildman–Crippen LogP) is 2.03. The molecular weight excluding hydrogens is 192 g/mol. The van der Waals surface area contributed by atoms with Gasteiger partial charge in [-0.05, 0) is 0 Å². The Labute approximate surface area is 61.4 Å². The summed E-state index contributed by atoms with van der Waals surface area (Å²) in [7, 11) is 0. The second kappa shape index (κ2) is 2.50. The van der Waals surface area contributed by atoms with Gasteiger partial charge in [0, 0.05) is 42.1 Å². The van der Waals surface area contributed by atoms with E-state index in [1.807, 2.05) is 0 Å². The Bertz CT molecular complexity index is 97.1. The van der Waals surface area contributed by atoms with Crippen LogP contribution in [0.2, 0.25) is 0 Å². The third-order valence-corrected chi connectivity index (χ3v) is 2.15. The molecule has 0 unspecified atom stereocenters. The van der Waals surface area contributed by atoms with Crippen molar-refractivity contribution in [1.82, 2.24) is 3.93 Å². The van der Waals surface area contributed by atoms with E-state index in [1.165, 1.54) is 0 Å². The molecule has 1 nitrogen and oxygen atoms in total. The largest absolute Gasteiger partial charge is 0.250 e. The van der Waals surface area contributed by atoms with Crippen molar-refractivity contribution in [3.63, 3.8) is 0 Å². The van der Waals surface area contributed by atoms with Gasteiger partial charge in [0.25, 0.3) is 5.92 Å². The summed E-state index contributed by atoms with van der Waals surface area (Å²) in [5.74, 6) is -2.41. The lowest BCUT2D eigenvalue weighted by atomic mass is 10.1.